The van der Waals surface area contributed by atoms with Crippen molar-refractivity contribution in [3.05, 3.63) is 39.8 Å². The van der Waals surface area contributed by atoms with Gasteiger partial charge in [0.15, 0.2) is 0 Å². The van der Waals surface area contributed by atoms with Crippen molar-refractivity contribution in [1.82, 2.24) is 10.2 Å². The Balaban J connectivity index is 1.90. The van der Waals surface area contributed by atoms with Gasteiger partial charge in [0.1, 0.15) is 10.0 Å². The molecule has 0 fully saturated rings. The van der Waals surface area contributed by atoms with Crippen LogP contribution in [0.15, 0.2) is 29.2 Å². The van der Waals surface area contributed by atoms with E-state index in [1.54, 1.807) is 11.3 Å². The second kappa shape index (κ2) is 4.96. The topological polar surface area (TPSA) is 25.8 Å². The number of aryl methyl sites for hydroxylation is 1. The van der Waals surface area contributed by atoms with Gasteiger partial charge in [0.25, 0.3) is 0 Å². The summed E-state index contributed by atoms with van der Waals surface area (Å²) in [6, 6.07) is 8.56. The van der Waals surface area contributed by atoms with E-state index in [1.165, 1.54) is 10.5 Å². The summed E-state index contributed by atoms with van der Waals surface area (Å²) in [5.41, 5.74) is 1.39. The van der Waals surface area contributed by atoms with E-state index in [2.05, 4.69) is 34.5 Å². The van der Waals surface area contributed by atoms with Gasteiger partial charge >= 0.3 is 0 Å². The van der Waals surface area contributed by atoms with Crippen LogP contribution in [-0.4, -0.2) is 21.8 Å². The molecule has 5 heteroatoms. The second-order valence-electron chi connectivity index (χ2n) is 3.87. The average molecular weight is 283 g/mol. The van der Waals surface area contributed by atoms with Crippen LogP contribution in [0.2, 0.25) is 0 Å². The van der Waals surface area contributed by atoms with Crippen LogP contribution >= 0.6 is 34.7 Å². The molecule has 17 heavy (non-hydrogen) atoms. The number of aromatic nitrogens is 2. The molecule has 3 rings (SSSR count). The Morgan fingerprint density at radius 3 is 3.06 bits per heavy atom. The van der Waals surface area contributed by atoms with Crippen molar-refractivity contribution in [2.75, 3.05) is 11.6 Å². The standard InChI is InChI=1S/C12H11ClN2S2/c13-6-5-11-14-15-12(17-11)9-7-16-10-4-2-1-3-8(9)10/h1-4,9H,5-7H2. The number of nitrogens with zero attached hydrogens (tertiary/aromatic N) is 2. The van der Waals surface area contributed by atoms with E-state index in [0.717, 1.165) is 22.2 Å². The number of alkyl halides is 1. The molecule has 88 valence electrons. The van der Waals surface area contributed by atoms with Crippen molar-refractivity contribution < 1.29 is 0 Å². The van der Waals surface area contributed by atoms with Crippen LogP contribution in [0.4, 0.5) is 0 Å². The number of hydrogen-bond donors (Lipinski definition) is 0. The molecule has 2 aromatic rings. The summed E-state index contributed by atoms with van der Waals surface area (Å²) in [5, 5.41) is 10.7. The van der Waals surface area contributed by atoms with Crippen LogP contribution in [-0.2, 0) is 6.42 Å². The van der Waals surface area contributed by atoms with E-state index < -0.39 is 0 Å². The predicted molar refractivity (Wildman–Crippen MR) is 73.3 cm³/mol. The highest BCUT2D eigenvalue weighted by atomic mass is 35.5. The predicted octanol–water partition coefficient (Wildman–Crippen LogP) is 3.56. The van der Waals surface area contributed by atoms with Crippen LogP contribution in [0.3, 0.4) is 0 Å². The molecule has 1 unspecified atom stereocenters. The SMILES string of the molecule is ClCCc1nnc(C2CSc3ccccc32)s1. The van der Waals surface area contributed by atoms with Gasteiger partial charge in [-0.3, -0.25) is 0 Å². The lowest BCUT2D eigenvalue weighted by molar-refractivity contribution is 0.866. The zero-order valence-electron chi connectivity index (χ0n) is 9.10. The first-order chi connectivity index (χ1) is 8.38. The maximum atomic E-state index is 5.72. The first-order valence-electron chi connectivity index (χ1n) is 5.48. The van der Waals surface area contributed by atoms with Gasteiger partial charge in [-0.2, -0.15) is 0 Å². The van der Waals surface area contributed by atoms with E-state index in [-0.39, 0.29) is 0 Å². The number of fused-ring (bicyclic) bond motifs is 1. The smallest absolute Gasteiger partial charge is 0.125 e. The molecule has 0 saturated carbocycles. The molecule has 1 aliphatic rings. The Labute approximate surface area is 113 Å². The molecule has 0 amide bonds. The number of benzene rings is 1. The fourth-order valence-corrected chi connectivity index (χ4v) is 4.55. The van der Waals surface area contributed by atoms with Crippen molar-refractivity contribution in [2.24, 2.45) is 0 Å². The van der Waals surface area contributed by atoms with Gasteiger partial charge in [0.2, 0.25) is 0 Å². The van der Waals surface area contributed by atoms with E-state index in [0.29, 0.717) is 11.8 Å². The summed E-state index contributed by atoms with van der Waals surface area (Å²) in [6.07, 6.45) is 0.820. The monoisotopic (exact) mass is 282 g/mol. The molecule has 2 heterocycles. The zero-order valence-corrected chi connectivity index (χ0v) is 11.5. The van der Waals surface area contributed by atoms with Gasteiger partial charge in [0.05, 0.1) is 0 Å². The largest absolute Gasteiger partial charge is 0.143 e. The van der Waals surface area contributed by atoms with Crippen LogP contribution in [0, 0.1) is 0 Å². The Morgan fingerprint density at radius 1 is 1.29 bits per heavy atom. The minimum atomic E-state index is 0.415. The minimum Gasteiger partial charge on any atom is -0.143 e. The fourth-order valence-electron chi connectivity index (χ4n) is 1.96. The number of thioether (sulfide) groups is 1. The molecule has 1 atom stereocenters. The van der Waals surface area contributed by atoms with Gasteiger partial charge in [0, 0.05) is 28.9 Å². The average Bonchev–Trinajstić information content (AvgIpc) is 2.95. The Hall–Kier alpha value is -0.580. The van der Waals surface area contributed by atoms with E-state index >= 15 is 0 Å². The van der Waals surface area contributed by atoms with Gasteiger partial charge < -0.3 is 0 Å². The van der Waals surface area contributed by atoms with Crippen LogP contribution in [0.1, 0.15) is 21.5 Å². The van der Waals surface area contributed by atoms with Gasteiger partial charge in [-0.25, -0.2) is 0 Å². The summed E-state index contributed by atoms with van der Waals surface area (Å²) in [5.74, 6) is 2.11. The van der Waals surface area contributed by atoms with Crippen LogP contribution in [0.25, 0.3) is 0 Å². The Bertz CT molecular complexity index is 527. The van der Waals surface area contributed by atoms with Crippen molar-refractivity contribution in [2.45, 2.75) is 17.2 Å². The highest BCUT2D eigenvalue weighted by Gasteiger charge is 2.27. The molecule has 0 saturated heterocycles. The summed E-state index contributed by atoms with van der Waals surface area (Å²) >= 11 is 9.33. The number of halogens is 1. The molecule has 1 aliphatic heterocycles. The lowest BCUT2D eigenvalue weighted by Crippen LogP contribution is -1.98. The molecule has 2 nitrogen and oxygen atoms in total. The fraction of sp³-hybridized carbons (Fsp3) is 0.333. The molecule has 0 spiro atoms. The normalized spacial score (nSPS) is 18.3. The first kappa shape index (κ1) is 11.5. The van der Waals surface area contributed by atoms with E-state index in [9.17, 15) is 0 Å². The summed E-state index contributed by atoms with van der Waals surface area (Å²) in [4.78, 5) is 1.38. The first-order valence-corrected chi connectivity index (χ1v) is 7.82. The number of rotatable bonds is 3. The van der Waals surface area contributed by atoms with Crippen molar-refractivity contribution in [3.8, 4) is 0 Å². The Kier molecular flexibility index (Phi) is 3.36. The zero-order chi connectivity index (χ0) is 11.7. The van der Waals surface area contributed by atoms with Gasteiger partial charge in [-0.05, 0) is 11.6 Å². The second-order valence-corrected chi connectivity index (χ2v) is 6.41. The van der Waals surface area contributed by atoms with Crippen LogP contribution in [0.5, 0.6) is 0 Å². The summed E-state index contributed by atoms with van der Waals surface area (Å²) in [7, 11) is 0. The molecule has 0 N–H and O–H groups in total. The molecule has 0 aliphatic carbocycles. The molecule has 1 aromatic carbocycles. The highest BCUT2D eigenvalue weighted by Crippen LogP contribution is 2.43. The van der Waals surface area contributed by atoms with Gasteiger partial charge in [-0.1, -0.05) is 18.2 Å². The summed E-state index contributed by atoms with van der Waals surface area (Å²) in [6.45, 7) is 0. The lowest BCUT2D eigenvalue weighted by atomic mass is 10.0. The Morgan fingerprint density at radius 2 is 2.18 bits per heavy atom. The third-order valence-electron chi connectivity index (χ3n) is 2.79. The van der Waals surface area contributed by atoms with E-state index in [1.807, 2.05) is 11.8 Å². The highest BCUT2D eigenvalue weighted by molar-refractivity contribution is 7.99. The van der Waals surface area contributed by atoms with Crippen molar-refractivity contribution in [3.63, 3.8) is 0 Å². The van der Waals surface area contributed by atoms with Gasteiger partial charge in [-0.15, -0.1) is 44.9 Å². The maximum absolute atomic E-state index is 5.72. The molecule has 1 aromatic heterocycles. The summed E-state index contributed by atoms with van der Waals surface area (Å²) < 4.78 is 0. The third kappa shape index (κ3) is 2.21. The molecular weight excluding hydrogens is 272 g/mol. The molecule has 0 radical (unpaired) electrons. The third-order valence-corrected chi connectivity index (χ3v) is 5.26. The van der Waals surface area contributed by atoms with E-state index in [4.69, 9.17) is 11.6 Å². The van der Waals surface area contributed by atoms with Crippen molar-refractivity contribution >= 4 is 34.7 Å². The quantitative estimate of drug-likeness (QED) is 0.805. The minimum absolute atomic E-state index is 0.415. The molecule has 0 bridgehead atoms. The van der Waals surface area contributed by atoms with Crippen molar-refractivity contribution in [1.29, 1.82) is 0 Å². The maximum Gasteiger partial charge on any atom is 0.125 e. The van der Waals surface area contributed by atoms with Crippen LogP contribution < -0.4 is 0 Å². The molecular formula is C12H11ClN2S2. The number of hydrogen-bond acceptors (Lipinski definition) is 4. The lowest BCUT2D eigenvalue weighted by Gasteiger charge is -2.05.